The number of nitrogens with one attached hydrogen (secondary N) is 1. The normalized spacial score (nSPS) is 13.4. The van der Waals surface area contributed by atoms with E-state index in [0.29, 0.717) is 0 Å². The molecule has 6 nitrogen and oxygen atoms in total. The molecule has 0 aromatic heterocycles. The van der Waals surface area contributed by atoms with Gasteiger partial charge in [0.1, 0.15) is 0 Å². The van der Waals surface area contributed by atoms with E-state index in [1.807, 2.05) is 0 Å². The van der Waals surface area contributed by atoms with E-state index in [1.165, 1.54) is 0 Å². The summed E-state index contributed by atoms with van der Waals surface area (Å²) in [5.41, 5.74) is 6.34. The molecule has 0 aromatic rings. The van der Waals surface area contributed by atoms with Crippen molar-refractivity contribution >= 4 is 19.7 Å². The molecule has 0 atom stereocenters. The molecule has 0 heterocycles. The molecule has 8 heteroatoms. The quantitative estimate of drug-likeness (QED) is 0.613. The third-order valence-electron chi connectivity index (χ3n) is 0.838. The van der Waals surface area contributed by atoms with Gasteiger partial charge >= 0.3 is 0 Å². The van der Waals surface area contributed by atoms with Gasteiger partial charge in [0, 0.05) is 12.5 Å². The van der Waals surface area contributed by atoms with Crippen molar-refractivity contribution < 1.29 is 16.8 Å². The first kappa shape index (κ1) is 10.5. The van der Waals surface area contributed by atoms with Gasteiger partial charge in [0.05, 0.1) is 0 Å². The summed E-state index contributed by atoms with van der Waals surface area (Å²) in [5, 5.41) is 2.50. The molecule has 0 aromatic carbocycles. The van der Waals surface area contributed by atoms with Crippen LogP contribution in [0.25, 0.3) is 0 Å². The van der Waals surface area contributed by atoms with Crippen molar-refractivity contribution in [1.29, 1.82) is 5.53 Å². The number of sulfone groups is 2. The smallest absolute Gasteiger partial charge is 0.226 e. The number of nitrogens with zero attached hydrogens (tertiary/aromatic N) is 1. The molecule has 1 N–H and O–H groups in total. The Hall–Kier alpha value is -0.500. The fraction of sp³-hybridized carbons (Fsp3) is 1.00. The Balaban J connectivity index is 5.21. The van der Waals surface area contributed by atoms with Gasteiger partial charge in [0.25, 0.3) is 4.71 Å². The van der Waals surface area contributed by atoms with Crippen molar-refractivity contribution in [3.8, 4) is 0 Å². The first-order valence-corrected chi connectivity index (χ1v) is 6.35. The van der Waals surface area contributed by atoms with E-state index in [4.69, 9.17) is 5.53 Å². The molecule has 0 rings (SSSR count). The van der Waals surface area contributed by atoms with Crippen molar-refractivity contribution in [3.05, 3.63) is 0 Å². The molecular formula is C3H8N2O4S2. The molecule has 0 unspecified atom stereocenters. The van der Waals surface area contributed by atoms with Crippen LogP contribution in [0.15, 0.2) is 5.11 Å². The zero-order valence-electron chi connectivity index (χ0n) is 5.97. The van der Waals surface area contributed by atoms with Gasteiger partial charge in [-0.25, -0.2) is 22.4 Å². The third-order valence-corrected chi connectivity index (χ3v) is 4.61. The lowest BCUT2D eigenvalue weighted by Gasteiger charge is -2.03. The summed E-state index contributed by atoms with van der Waals surface area (Å²) in [6.07, 6.45) is 1.44. The Kier molecular flexibility index (Phi) is 2.73. The highest BCUT2D eigenvalue weighted by Crippen LogP contribution is 2.07. The van der Waals surface area contributed by atoms with E-state index in [2.05, 4.69) is 5.11 Å². The first-order chi connectivity index (χ1) is 4.69. The highest BCUT2D eigenvalue weighted by Gasteiger charge is 2.30. The van der Waals surface area contributed by atoms with Crippen LogP contribution in [0.5, 0.6) is 0 Å². The third kappa shape index (κ3) is 2.93. The summed E-state index contributed by atoms with van der Waals surface area (Å²) in [5.74, 6) is 0. The summed E-state index contributed by atoms with van der Waals surface area (Å²) in [7, 11) is -7.63. The highest BCUT2D eigenvalue weighted by molar-refractivity contribution is 8.08. The molecule has 0 saturated carbocycles. The van der Waals surface area contributed by atoms with Crippen molar-refractivity contribution in [1.82, 2.24) is 0 Å². The molecule has 66 valence electrons. The van der Waals surface area contributed by atoms with Crippen LogP contribution < -0.4 is 0 Å². The Labute approximate surface area is 65.0 Å². The Morgan fingerprint density at radius 1 is 1.09 bits per heavy atom. The first-order valence-electron chi connectivity index (χ1n) is 2.44. The van der Waals surface area contributed by atoms with E-state index in [9.17, 15) is 16.8 Å². The maximum atomic E-state index is 10.6. The van der Waals surface area contributed by atoms with Crippen LogP contribution in [0, 0.1) is 5.53 Å². The van der Waals surface area contributed by atoms with Crippen molar-refractivity contribution in [2.45, 2.75) is 4.71 Å². The second-order valence-electron chi connectivity index (χ2n) is 2.10. The Bertz CT molecular complexity index is 308. The molecule has 0 saturated heterocycles. The van der Waals surface area contributed by atoms with Gasteiger partial charge in [-0.05, 0) is 0 Å². The van der Waals surface area contributed by atoms with Gasteiger partial charge in [-0.3, -0.25) is 0 Å². The predicted octanol–water partition coefficient (Wildman–Crippen LogP) is -0.610. The summed E-state index contributed by atoms with van der Waals surface area (Å²) >= 11 is 0. The van der Waals surface area contributed by atoms with Gasteiger partial charge in [0.2, 0.25) is 0 Å². The molecule has 0 aliphatic carbocycles. The number of hydrogen-bond donors (Lipinski definition) is 1. The second kappa shape index (κ2) is 2.86. The maximum Gasteiger partial charge on any atom is 0.270 e. The van der Waals surface area contributed by atoms with E-state index in [-0.39, 0.29) is 0 Å². The van der Waals surface area contributed by atoms with Crippen LogP contribution in [-0.2, 0) is 19.7 Å². The molecule has 0 bridgehead atoms. The zero-order valence-corrected chi connectivity index (χ0v) is 7.61. The monoisotopic (exact) mass is 200 g/mol. The summed E-state index contributed by atoms with van der Waals surface area (Å²) in [6, 6.07) is 0. The SMILES string of the molecule is CS(=O)(=O)C(N=N)S(C)(=O)=O. The van der Waals surface area contributed by atoms with E-state index in [0.717, 1.165) is 12.5 Å². The minimum absolute atomic E-state index is 0.719. The molecule has 0 aliphatic heterocycles. The number of hydrogen-bond acceptors (Lipinski definition) is 6. The summed E-state index contributed by atoms with van der Waals surface area (Å²) in [6.45, 7) is 0. The van der Waals surface area contributed by atoms with Crippen LogP contribution in [0.2, 0.25) is 0 Å². The molecule has 0 aliphatic rings. The predicted molar refractivity (Wildman–Crippen MR) is 38.6 cm³/mol. The van der Waals surface area contributed by atoms with E-state index in [1.54, 1.807) is 0 Å². The number of rotatable bonds is 3. The zero-order chi connectivity index (χ0) is 9.28. The fourth-order valence-corrected chi connectivity index (χ4v) is 3.43. The van der Waals surface area contributed by atoms with Crippen molar-refractivity contribution in [3.63, 3.8) is 0 Å². The molecule has 11 heavy (non-hydrogen) atoms. The van der Waals surface area contributed by atoms with Crippen LogP contribution in [0.1, 0.15) is 0 Å². The Morgan fingerprint density at radius 3 is 1.36 bits per heavy atom. The second-order valence-corrected chi connectivity index (χ2v) is 6.60. The molecule has 0 amide bonds. The minimum atomic E-state index is -3.81. The van der Waals surface area contributed by atoms with E-state index < -0.39 is 24.4 Å². The van der Waals surface area contributed by atoms with Gasteiger partial charge < -0.3 is 0 Å². The molecule has 0 spiro atoms. The van der Waals surface area contributed by atoms with Gasteiger partial charge in [-0.2, -0.15) is 5.11 Å². The van der Waals surface area contributed by atoms with Gasteiger partial charge in [-0.1, -0.05) is 0 Å². The average molecular weight is 200 g/mol. The van der Waals surface area contributed by atoms with E-state index >= 15 is 0 Å². The molecule has 0 fully saturated rings. The van der Waals surface area contributed by atoms with Gasteiger partial charge in [0.15, 0.2) is 19.7 Å². The van der Waals surface area contributed by atoms with Crippen LogP contribution >= 0.6 is 0 Å². The van der Waals surface area contributed by atoms with Crippen molar-refractivity contribution in [2.24, 2.45) is 5.11 Å². The lowest BCUT2D eigenvalue weighted by Crippen LogP contribution is -2.26. The average Bonchev–Trinajstić information content (AvgIpc) is 1.56. The summed E-state index contributed by atoms with van der Waals surface area (Å²) < 4.78 is 40.5. The lowest BCUT2D eigenvalue weighted by molar-refractivity contribution is 0.579. The van der Waals surface area contributed by atoms with Crippen LogP contribution in [-0.4, -0.2) is 34.1 Å². The highest BCUT2D eigenvalue weighted by atomic mass is 32.3. The maximum absolute atomic E-state index is 10.6. The topological polar surface area (TPSA) is 104 Å². The molecule has 0 radical (unpaired) electrons. The minimum Gasteiger partial charge on any atom is -0.226 e. The standard InChI is InChI=1S/C3H8N2O4S2/c1-10(6,7)3(5-4)11(2,8)9/h3-4H,1-2H3. The largest absolute Gasteiger partial charge is 0.270 e. The molecular weight excluding hydrogens is 192 g/mol. The van der Waals surface area contributed by atoms with Crippen LogP contribution in [0.3, 0.4) is 0 Å². The lowest BCUT2D eigenvalue weighted by atomic mass is 11.5. The fourth-order valence-electron chi connectivity index (χ4n) is 0.509. The van der Waals surface area contributed by atoms with Crippen molar-refractivity contribution in [2.75, 3.05) is 12.5 Å². The van der Waals surface area contributed by atoms with Gasteiger partial charge in [-0.15, -0.1) is 0 Å². The van der Waals surface area contributed by atoms with Crippen LogP contribution in [0.4, 0.5) is 0 Å². The summed E-state index contributed by atoms with van der Waals surface area (Å²) in [4.78, 5) is 0. The Morgan fingerprint density at radius 2 is 1.36 bits per heavy atom.